The summed E-state index contributed by atoms with van der Waals surface area (Å²) in [5.74, 6) is 0. The topological polar surface area (TPSA) is 3.24 Å². The maximum atomic E-state index is 2.42. The van der Waals surface area contributed by atoms with Crippen molar-refractivity contribution < 1.29 is 0 Å². The van der Waals surface area contributed by atoms with Gasteiger partial charge >= 0.3 is 0 Å². The van der Waals surface area contributed by atoms with Crippen molar-refractivity contribution in [3.8, 4) is 0 Å². The molecule has 0 aromatic heterocycles. The largest absolute Gasteiger partial charge is 0.310 e. The van der Waals surface area contributed by atoms with Gasteiger partial charge in [0.1, 0.15) is 0 Å². The molecule has 0 unspecified atom stereocenters. The average molecular weight is 438 g/mol. The van der Waals surface area contributed by atoms with Crippen molar-refractivity contribution in [2.45, 2.75) is 19.3 Å². The van der Waals surface area contributed by atoms with Crippen LogP contribution in [0.4, 0.5) is 17.1 Å². The van der Waals surface area contributed by atoms with E-state index in [4.69, 9.17) is 0 Å². The third-order valence-corrected chi connectivity index (χ3v) is 7.05. The van der Waals surface area contributed by atoms with E-state index in [1.54, 1.807) is 0 Å². The van der Waals surface area contributed by atoms with E-state index in [1.165, 1.54) is 50.4 Å². The Kier molecular flexibility index (Phi) is 4.85. The SMILES string of the molecule is Cc1ccc(N2c3ccccc3C(c3ccccc3)(c3ccccc3)c3cc(C)ccc32)cc1. The van der Waals surface area contributed by atoms with Crippen LogP contribution < -0.4 is 4.90 Å². The number of hydrogen-bond donors (Lipinski definition) is 0. The van der Waals surface area contributed by atoms with Crippen molar-refractivity contribution >= 4 is 17.1 Å². The number of benzene rings is 5. The molecule has 0 atom stereocenters. The molecule has 34 heavy (non-hydrogen) atoms. The smallest absolute Gasteiger partial charge is 0.0742 e. The second-order valence-electron chi connectivity index (χ2n) is 9.19. The molecule has 0 bridgehead atoms. The van der Waals surface area contributed by atoms with Crippen molar-refractivity contribution in [2.75, 3.05) is 4.90 Å². The molecule has 0 saturated carbocycles. The number of rotatable bonds is 3. The lowest BCUT2D eigenvalue weighted by atomic mass is 9.62. The molecule has 0 amide bonds. The standard InChI is InChI=1S/C33H27N/c1-24-17-20-28(21-18-24)34-31-16-10-9-15-29(31)33(26-11-5-3-6-12-26,27-13-7-4-8-14-27)30-23-25(2)19-22-32(30)34/h3-23H,1-2H3. The van der Waals surface area contributed by atoms with E-state index >= 15 is 0 Å². The lowest BCUT2D eigenvalue weighted by molar-refractivity contribution is 0.730. The number of hydrogen-bond acceptors (Lipinski definition) is 1. The summed E-state index contributed by atoms with van der Waals surface area (Å²) in [4.78, 5) is 2.42. The predicted molar refractivity (Wildman–Crippen MR) is 142 cm³/mol. The van der Waals surface area contributed by atoms with Gasteiger partial charge in [0.2, 0.25) is 0 Å². The van der Waals surface area contributed by atoms with E-state index in [1.807, 2.05) is 0 Å². The molecule has 0 fully saturated rings. The van der Waals surface area contributed by atoms with Crippen LogP contribution in [-0.2, 0) is 5.41 Å². The summed E-state index contributed by atoms with van der Waals surface area (Å²) in [6.45, 7) is 4.33. The van der Waals surface area contributed by atoms with Crippen LogP contribution in [0.3, 0.4) is 0 Å². The molecule has 1 nitrogen and oxygen atoms in total. The number of anilines is 3. The van der Waals surface area contributed by atoms with Crippen LogP contribution in [0.1, 0.15) is 33.4 Å². The van der Waals surface area contributed by atoms with Crippen LogP contribution in [0.2, 0.25) is 0 Å². The van der Waals surface area contributed by atoms with Gasteiger partial charge in [0.25, 0.3) is 0 Å². The van der Waals surface area contributed by atoms with Gasteiger partial charge in [-0.25, -0.2) is 0 Å². The second-order valence-corrected chi connectivity index (χ2v) is 9.19. The third-order valence-electron chi connectivity index (χ3n) is 7.05. The lowest BCUT2D eigenvalue weighted by Crippen LogP contribution is -2.37. The van der Waals surface area contributed by atoms with Crippen molar-refractivity contribution in [3.05, 3.63) is 161 Å². The molecule has 0 spiro atoms. The minimum absolute atomic E-state index is 0.415. The molecule has 1 heteroatoms. The fourth-order valence-electron chi connectivity index (χ4n) is 5.54. The Morgan fingerprint density at radius 1 is 0.471 bits per heavy atom. The summed E-state index contributed by atoms with van der Waals surface area (Å²) in [6.07, 6.45) is 0. The molecule has 164 valence electrons. The normalized spacial score (nSPS) is 13.8. The van der Waals surface area contributed by atoms with Gasteiger partial charge in [-0.3, -0.25) is 0 Å². The Hall–Kier alpha value is -4.10. The molecular weight excluding hydrogens is 410 g/mol. The predicted octanol–water partition coefficient (Wildman–Crippen LogP) is 8.47. The Bertz CT molecular complexity index is 1410. The molecular formula is C33H27N. The zero-order valence-electron chi connectivity index (χ0n) is 19.6. The lowest BCUT2D eigenvalue weighted by Gasteiger charge is -2.46. The number of nitrogens with zero attached hydrogens (tertiary/aromatic N) is 1. The number of fused-ring (bicyclic) bond motifs is 2. The minimum atomic E-state index is -0.415. The summed E-state index contributed by atoms with van der Waals surface area (Å²) in [7, 11) is 0. The average Bonchev–Trinajstić information content (AvgIpc) is 2.89. The van der Waals surface area contributed by atoms with E-state index in [9.17, 15) is 0 Å². The Morgan fingerprint density at radius 2 is 1.00 bits per heavy atom. The highest BCUT2D eigenvalue weighted by Gasteiger charge is 2.46. The summed E-state index contributed by atoms with van der Waals surface area (Å²) < 4.78 is 0. The van der Waals surface area contributed by atoms with E-state index < -0.39 is 5.41 Å². The first kappa shape index (κ1) is 20.5. The highest BCUT2D eigenvalue weighted by Crippen LogP contribution is 2.57. The van der Waals surface area contributed by atoms with Crippen LogP contribution in [0.25, 0.3) is 0 Å². The van der Waals surface area contributed by atoms with E-state index in [0.29, 0.717) is 0 Å². The monoisotopic (exact) mass is 437 g/mol. The van der Waals surface area contributed by atoms with Crippen LogP contribution in [0, 0.1) is 13.8 Å². The van der Waals surface area contributed by atoms with Gasteiger partial charge in [-0.2, -0.15) is 0 Å². The van der Waals surface area contributed by atoms with Gasteiger partial charge in [-0.05, 0) is 60.4 Å². The molecule has 5 aromatic carbocycles. The van der Waals surface area contributed by atoms with Gasteiger partial charge in [0.15, 0.2) is 0 Å². The van der Waals surface area contributed by atoms with Gasteiger partial charge in [-0.1, -0.05) is 114 Å². The van der Waals surface area contributed by atoms with Crippen molar-refractivity contribution in [2.24, 2.45) is 0 Å². The zero-order chi connectivity index (χ0) is 23.1. The molecule has 0 radical (unpaired) electrons. The van der Waals surface area contributed by atoms with Gasteiger partial charge in [0.05, 0.1) is 16.8 Å². The quantitative estimate of drug-likeness (QED) is 0.268. The summed E-state index contributed by atoms with van der Waals surface area (Å²) in [5.41, 5.74) is 10.9. The summed E-state index contributed by atoms with van der Waals surface area (Å²) in [6, 6.07) is 46.6. The maximum absolute atomic E-state index is 2.42. The first-order valence-corrected chi connectivity index (χ1v) is 11.9. The Balaban J connectivity index is 1.78. The first-order valence-electron chi connectivity index (χ1n) is 11.9. The fourth-order valence-corrected chi connectivity index (χ4v) is 5.54. The van der Waals surface area contributed by atoms with Crippen molar-refractivity contribution in [1.82, 2.24) is 0 Å². The third kappa shape index (κ3) is 3.01. The van der Waals surface area contributed by atoms with Crippen molar-refractivity contribution in [1.29, 1.82) is 0 Å². The van der Waals surface area contributed by atoms with Gasteiger partial charge in [0, 0.05) is 5.69 Å². The Morgan fingerprint density at radius 3 is 1.65 bits per heavy atom. The molecule has 6 rings (SSSR count). The number of aryl methyl sites for hydroxylation is 2. The van der Waals surface area contributed by atoms with Gasteiger partial charge < -0.3 is 4.90 Å². The number of para-hydroxylation sites is 1. The highest BCUT2D eigenvalue weighted by molar-refractivity contribution is 5.89. The minimum Gasteiger partial charge on any atom is -0.310 e. The van der Waals surface area contributed by atoms with Gasteiger partial charge in [-0.15, -0.1) is 0 Å². The molecule has 0 saturated heterocycles. The van der Waals surface area contributed by atoms with E-state index in [0.717, 1.165) is 0 Å². The van der Waals surface area contributed by atoms with E-state index in [2.05, 4.69) is 146 Å². The maximum Gasteiger partial charge on any atom is 0.0742 e. The van der Waals surface area contributed by atoms with E-state index in [-0.39, 0.29) is 0 Å². The molecule has 0 aliphatic carbocycles. The summed E-state index contributed by atoms with van der Waals surface area (Å²) in [5, 5.41) is 0. The fraction of sp³-hybridized carbons (Fsp3) is 0.0909. The first-order chi connectivity index (χ1) is 16.7. The molecule has 5 aromatic rings. The zero-order valence-corrected chi connectivity index (χ0v) is 19.6. The highest BCUT2D eigenvalue weighted by atomic mass is 15.2. The molecule has 1 aliphatic rings. The molecule has 1 aliphatic heterocycles. The van der Waals surface area contributed by atoms with Crippen LogP contribution in [-0.4, -0.2) is 0 Å². The second kappa shape index (κ2) is 8.04. The van der Waals surface area contributed by atoms with Crippen molar-refractivity contribution in [3.63, 3.8) is 0 Å². The molecule has 0 N–H and O–H groups in total. The van der Waals surface area contributed by atoms with Crippen LogP contribution in [0.15, 0.2) is 127 Å². The van der Waals surface area contributed by atoms with Crippen LogP contribution >= 0.6 is 0 Å². The summed E-state index contributed by atoms with van der Waals surface area (Å²) >= 11 is 0. The Labute approximate surface area is 202 Å². The van der Waals surface area contributed by atoms with Crippen LogP contribution in [0.5, 0.6) is 0 Å². The molecule has 1 heterocycles.